The second-order valence-electron chi connectivity index (χ2n) is 6.15. The summed E-state index contributed by atoms with van der Waals surface area (Å²) < 4.78 is 19.6. The monoisotopic (exact) mass is 411 g/mol. The number of aryl methyl sites for hydroxylation is 2. The molecule has 0 radical (unpaired) electrons. The summed E-state index contributed by atoms with van der Waals surface area (Å²) in [5.41, 5.74) is 5.20. The molecule has 3 rings (SSSR count). The van der Waals surface area contributed by atoms with Crippen LogP contribution in [0.3, 0.4) is 0 Å². The van der Waals surface area contributed by atoms with Crippen LogP contribution < -0.4 is 4.74 Å². The third kappa shape index (κ3) is 4.79. The summed E-state index contributed by atoms with van der Waals surface area (Å²) in [4.78, 5) is 4.59. The highest BCUT2D eigenvalue weighted by Crippen LogP contribution is 2.27. The standard InChI is InChI=1S/C22H19BrFNO/c1-15-3-4-16(2)21(11-15)25-13-18-7-10-22(20(23)12-18)26-14-17-5-8-19(24)9-6-17/h3-13H,14H2,1-2H3. The summed E-state index contributed by atoms with van der Waals surface area (Å²) >= 11 is 3.54. The van der Waals surface area contributed by atoms with Gasteiger partial charge in [0.25, 0.3) is 0 Å². The number of benzene rings is 3. The Morgan fingerprint density at radius 2 is 1.77 bits per heavy atom. The van der Waals surface area contributed by atoms with Crippen LogP contribution in [0, 0.1) is 19.7 Å². The van der Waals surface area contributed by atoms with Crippen LogP contribution in [0.2, 0.25) is 0 Å². The van der Waals surface area contributed by atoms with Crippen molar-refractivity contribution in [3.05, 3.63) is 93.2 Å². The van der Waals surface area contributed by atoms with Crippen molar-refractivity contribution in [3.8, 4) is 5.75 Å². The lowest BCUT2D eigenvalue weighted by Crippen LogP contribution is -1.96. The lowest BCUT2D eigenvalue weighted by atomic mass is 10.1. The van der Waals surface area contributed by atoms with Gasteiger partial charge >= 0.3 is 0 Å². The van der Waals surface area contributed by atoms with Gasteiger partial charge in [-0.1, -0.05) is 24.3 Å². The molecule has 0 fully saturated rings. The number of hydrogen-bond donors (Lipinski definition) is 0. The maximum atomic E-state index is 12.9. The van der Waals surface area contributed by atoms with Crippen LogP contribution in [0.15, 0.2) is 70.1 Å². The van der Waals surface area contributed by atoms with Crippen molar-refractivity contribution in [2.45, 2.75) is 20.5 Å². The molecule has 2 nitrogen and oxygen atoms in total. The topological polar surface area (TPSA) is 21.6 Å². The number of hydrogen-bond acceptors (Lipinski definition) is 2. The Labute approximate surface area is 161 Å². The van der Waals surface area contributed by atoms with Crippen molar-refractivity contribution in [3.63, 3.8) is 0 Å². The van der Waals surface area contributed by atoms with Gasteiger partial charge < -0.3 is 4.74 Å². The van der Waals surface area contributed by atoms with E-state index in [1.807, 2.05) is 24.4 Å². The molecule has 0 aromatic heterocycles. The molecular weight excluding hydrogens is 393 g/mol. The Bertz CT molecular complexity index is 935. The van der Waals surface area contributed by atoms with Gasteiger partial charge in [0.05, 0.1) is 10.2 Å². The molecule has 0 unspecified atom stereocenters. The maximum absolute atomic E-state index is 12.9. The highest BCUT2D eigenvalue weighted by Gasteiger charge is 2.03. The van der Waals surface area contributed by atoms with Gasteiger partial charge in [-0.05, 0) is 88.4 Å². The predicted octanol–water partition coefficient (Wildman–Crippen LogP) is 6.53. The highest BCUT2D eigenvalue weighted by molar-refractivity contribution is 9.10. The van der Waals surface area contributed by atoms with E-state index in [-0.39, 0.29) is 5.82 Å². The van der Waals surface area contributed by atoms with Gasteiger partial charge in [0, 0.05) is 6.21 Å². The van der Waals surface area contributed by atoms with Crippen LogP contribution in [0.25, 0.3) is 0 Å². The zero-order valence-corrected chi connectivity index (χ0v) is 16.3. The molecule has 0 aliphatic carbocycles. The molecular formula is C22H19BrFNO. The summed E-state index contributed by atoms with van der Waals surface area (Å²) in [6, 6.07) is 18.3. The molecule has 0 saturated carbocycles. The van der Waals surface area contributed by atoms with E-state index in [1.165, 1.54) is 17.7 Å². The molecule has 3 aromatic rings. The number of aliphatic imine (C=N–C) groups is 1. The fraction of sp³-hybridized carbons (Fsp3) is 0.136. The van der Waals surface area contributed by atoms with Crippen LogP contribution in [-0.2, 0) is 6.61 Å². The molecule has 0 bridgehead atoms. The summed E-state index contributed by atoms with van der Waals surface area (Å²) in [6.45, 7) is 4.49. The quantitative estimate of drug-likeness (QED) is 0.437. The maximum Gasteiger partial charge on any atom is 0.134 e. The largest absolute Gasteiger partial charge is 0.488 e. The number of halogens is 2. The van der Waals surface area contributed by atoms with Crippen LogP contribution in [0.4, 0.5) is 10.1 Å². The lowest BCUT2D eigenvalue weighted by Gasteiger charge is -2.09. The minimum atomic E-state index is -0.248. The van der Waals surface area contributed by atoms with Gasteiger partial charge in [0.2, 0.25) is 0 Å². The van der Waals surface area contributed by atoms with E-state index in [9.17, 15) is 4.39 Å². The van der Waals surface area contributed by atoms with E-state index < -0.39 is 0 Å². The smallest absolute Gasteiger partial charge is 0.134 e. The average Bonchev–Trinajstić information content (AvgIpc) is 2.63. The van der Waals surface area contributed by atoms with E-state index in [4.69, 9.17) is 4.74 Å². The molecule has 0 amide bonds. The fourth-order valence-corrected chi connectivity index (χ4v) is 2.97. The van der Waals surface area contributed by atoms with Crippen LogP contribution >= 0.6 is 15.9 Å². The van der Waals surface area contributed by atoms with Crippen molar-refractivity contribution in [1.29, 1.82) is 0 Å². The van der Waals surface area contributed by atoms with E-state index in [0.717, 1.165) is 32.6 Å². The fourth-order valence-electron chi connectivity index (χ4n) is 2.46. The van der Waals surface area contributed by atoms with Gasteiger partial charge in [-0.2, -0.15) is 0 Å². The third-order valence-electron chi connectivity index (χ3n) is 3.98. The average molecular weight is 412 g/mol. The molecule has 0 aliphatic rings. The molecule has 0 aliphatic heterocycles. The molecule has 0 heterocycles. The highest BCUT2D eigenvalue weighted by atomic mass is 79.9. The molecule has 26 heavy (non-hydrogen) atoms. The molecule has 3 aromatic carbocycles. The SMILES string of the molecule is Cc1ccc(C)c(N=Cc2ccc(OCc3ccc(F)cc3)c(Br)c2)c1. The minimum Gasteiger partial charge on any atom is -0.488 e. The Hall–Kier alpha value is -2.46. The summed E-state index contributed by atoms with van der Waals surface area (Å²) in [5, 5.41) is 0. The van der Waals surface area contributed by atoms with Crippen LogP contribution in [0.1, 0.15) is 22.3 Å². The van der Waals surface area contributed by atoms with Gasteiger partial charge in [-0.3, -0.25) is 4.99 Å². The van der Waals surface area contributed by atoms with Gasteiger partial charge in [0.15, 0.2) is 0 Å². The van der Waals surface area contributed by atoms with Crippen molar-refractivity contribution < 1.29 is 9.13 Å². The summed E-state index contributed by atoms with van der Waals surface area (Å²) in [7, 11) is 0. The number of nitrogens with zero attached hydrogens (tertiary/aromatic N) is 1. The number of rotatable bonds is 5. The first-order valence-electron chi connectivity index (χ1n) is 8.29. The number of ether oxygens (including phenoxy) is 1. The Kier molecular flexibility index (Phi) is 5.84. The Morgan fingerprint density at radius 3 is 2.50 bits per heavy atom. The summed E-state index contributed by atoms with van der Waals surface area (Å²) in [6.07, 6.45) is 1.84. The molecule has 0 atom stereocenters. The van der Waals surface area contributed by atoms with Crippen molar-refractivity contribution >= 4 is 27.8 Å². The Balaban J connectivity index is 1.69. The second-order valence-corrected chi connectivity index (χ2v) is 7.01. The van der Waals surface area contributed by atoms with E-state index >= 15 is 0 Å². The minimum absolute atomic E-state index is 0.248. The zero-order chi connectivity index (χ0) is 18.5. The molecule has 132 valence electrons. The van der Waals surface area contributed by atoms with Crippen LogP contribution in [0.5, 0.6) is 5.75 Å². The van der Waals surface area contributed by atoms with Gasteiger partial charge in [-0.25, -0.2) is 4.39 Å². The summed E-state index contributed by atoms with van der Waals surface area (Å²) in [5.74, 6) is 0.487. The predicted molar refractivity (Wildman–Crippen MR) is 108 cm³/mol. The zero-order valence-electron chi connectivity index (χ0n) is 14.7. The molecule has 0 spiro atoms. The Morgan fingerprint density at radius 1 is 1.00 bits per heavy atom. The molecule has 4 heteroatoms. The molecule has 0 N–H and O–H groups in total. The lowest BCUT2D eigenvalue weighted by molar-refractivity contribution is 0.304. The second kappa shape index (κ2) is 8.28. The normalized spacial score (nSPS) is 11.1. The van der Waals surface area contributed by atoms with Crippen molar-refractivity contribution in [2.24, 2.45) is 4.99 Å². The van der Waals surface area contributed by atoms with Gasteiger partial charge in [-0.15, -0.1) is 0 Å². The van der Waals surface area contributed by atoms with E-state index in [2.05, 4.69) is 53.0 Å². The first kappa shape index (κ1) is 18.3. The van der Waals surface area contributed by atoms with Crippen LogP contribution in [-0.4, -0.2) is 6.21 Å². The van der Waals surface area contributed by atoms with Crippen molar-refractivity contribution in [1.82, 2.24) is 0 Å². The van der Waals surface area contributed by atoms with Gasteiger partial charge in [0.1, 0.15) is 18.2 Å². The van der Waals surface area contributed by atoms with E-state index in [1.54, 1.807) is 12.1 Å². The first-order valence-corrected chi connectivity index (χ1v) is 9.09. The first-order chi connectivity index (χ1) is 12.5. The molecule has 0 saturated heterocycles. The third-order valence-corrected chi connectivity index (χ3v) is 4.60. The van der Waals surface area contributed by atoms with E-state index in [0.29, 0.717) is 6.61 Å². The van der Waals surface area contributed by atoms with Crippen molar-refractivity contribution in [2.75, 3.05) is 0 Å².